The third-order valence-corrected chi connectivity index (χ3v) is 3.38. The number of hydrazone groups is 1. The van der Waals surface area contributed by atoms with Crippen LogP contribution in [-0.4, -0.2) is 18.9 Å². The highest BCUT2D eigenvalue weighted by molar-refractivity contribution is 5.81. The van der Waals surface area contributed by atoms with Crippen molar-refractivity contribution in [3.63, 3.8) is 0 Å². The highest BCUT2D eigenvalue weighted by Gasteiger charge is 2.13. The first-order chi connectivity index (χ1) is 12.2. The molecular weight excluding hydrogens is 342 g/mol. The van der Waals surface area contributed by atoms with Gasteiger partial charge in [0.2, 0.25) is 0 Å². The Labute approximate surface area is 150 Å². The monoisotopic (exact) mass is 362 g/mol. The van der Waals surface area contributed by atoms with E-state index in [0.717, 1.165) is 5.56 Å². The molecule has 0 aliphatic heterocycles. The van der Waals surface area contributed by atoms with Crippen molar-refractivity contribution >= 4 is 12.3 Å². The van der Waals surface area contributed by atoms with Gasteiger partial charge in [0.25, 0.3) is 0 Å². The van der Waals surface area contributed by atoms with Gasteiger partial charge in [-0.2, -0.15) is 13.9 Å². The number of amides is 1. The highest BCUT2D eigenvalue weighted by Crippen LogP contribution is 2.24. The van der Waals surface area contributed by atoms with Gasteiger partial charge >= 0.3 is 12.7 Å². The fourth-order valence-corrected chi connectivity index (χ4v) is 2.08. The molecule has 0 radical (unpaired) electrons. The second-order valence-electron chi connectivity index (χ2n) is 6.48. The van der Waals surface area contributed by atoms with Crippen molar-refractivity contribution < 1.29 is 23.0 Å². The van der Waals surface area contributed by atoms with Crippen LogP contribution >= 0.6 is 0 Å². The van der Waals surface area contributed by atoms with Gasteiger partial charge in [0.15, 0.2) is 0 Å². The Balaban J connectivity index is 1.89. The largest absolute Gasteiger partial charge is 0.435 e. The van der Waals surface area contributed by atoms with Crippen molar-refractivity contribution in [3.05, 3.63) is 59.7 Å². The average molecular weight is 362 g/mol. The number of nitrogens with one attached hydrogen (secondary N) is 1. The summed E-state index contributed by atoms with van der Waals surface area (Å²) in [6, 6.07) is 13.1. The van der Waals surface area contributed by atoms with Crippen LogP contribution in [0.3, 0.4) is 0 Å². The molecule has 0 aromatic heterocycles. The third kappa shape index (κ3) is 6.16. The zero-order chi connectivity index (χ0) is 19.2. The van der Waals surface area contributed by atoms with Crippen LogP contribution in [0.25, 0.3) is 0 Å². The molecule has 26 heavy (non-hydrogen) atoms. The number of ether oxygens (including phenoxy) is 2. The van der Waals surface area contributed by atoms with Crippen LogP contribution in [0.5, 0.6) is 11.5 Å². The van der Waals surface area contributed by atoms with Gasteiger partial charge in [0.05, 0.1) is 6.21 Å². The Kier molecular flexibility index (Phi) is 6.27. The lowest BCUT2D eigenvalue weighted by Crippen LogP contribution is -2.22. The van der Waals surface area contributed by atoms with E-state index in [1.54, 1.807) is 18.2 Å². The first-order valence-electron chi connectivity index (χ1n) is 7.90. The van der Waals surface area contributed by atoms with Crippen LogP contribution in [0, 0.1) is 0 Å². The molecule has 0 spiro atoms. The minimum Gasteiger partial charge on any atom is -0.435 e. The molecule has 0 heterocycles. The third-order valence-electron chi connectivity index (χ3n) is 3.38. The lowest BCUT2D eigenvalue weighted by atomic mass is 9.87. The Morgan fingerprint density at radius 3 is 2.42 bits per heavy atom. The fourth-order valence-electron chi connectivity index (χ4n) is 2.08. The van der Waals surface area contributed by atoms with Crippen LogP contribution < -0.4 is 14.9 Å². The maximum atomic E-state index is 12.2. The van der Waals surface area contributed by atoms with Gasteiger partial charge in [-0.15, -0.1) is 0 Å². The van der Waals surface area contributed by atoms with E-state index in [9.17, 15) is 13.6 Å². The number of nitrogens with zero attached hydrogens (tertiary/aromatic N) is 1. The van der Waals surface area contributed by atoms with E-state index in [1.165, 1.54) is 24.4 Å². The summed E-state index contributed by atoms with van der Waals surface area (Å²) in [5.74, 6) is 0.392. The molecule has 0 atom stereocenters. The second kappa shape index (κ2) is 8.42. The van der Waals surface area contributed by atoms with E-state index in [0.29, 0.717) is 11.3 Å². The average Bonchev–Trinajstić information content (AvgIpc) is 2.54. The smallest absolute Gasteiger partial charge is 0.433 e. The molecule has 5 nitrogen and oxygen atoms in total. The molecule has 138 valence electrons. The van der Waals surface area contributed by atoms with Crippen LogP contribution in [0.4, 0.5) is 13.6 Å². The lowest BCUT2D eigenvalue weighted by Gasteiger charge is -2.18. The Hall–Kier alpha value is -2.96. The quantitative estimate of drug-likeness (QED) is 0.619. The predicted octanol–water partition coefficient (Wildman–Crippen LogP) is 4.71. The first kappa shape index (κ1) is 19.4. The van der Waals surface area contributed by atoms with E-state index in [-0.39, 0.29) is 11.2 Å². The van der Waals surface area contributed by atoms with Gasteiger partial charge in [-0.3, -0.25) is 0 Å². The van der Waals surface area contributed by atoms with Gasteiger partial charge in [-0.05, 0) is 40.8 Å². The number of carbonyl (C=O) groups is 1. The molecule has 2 rings (SSSR count). The molecular formula is C19H20F2N2O3. The molecule has 0 bridgehead atoms. The molecule has 0 aliphatic carbocycles. The summed E-state index contributed by atoms with van der Waals surface area (Å²) in [6.07, 6.45) is 0.534. The molecule has 0 saturated carbocycles. The minimum atomic E-state index is -2.90. The summed E-state index contributed by atoms with van der Waals surface area (Å²) in [7, 11) is 0. The number of halogens is 2. The molecule has 0 unspecified atom stereocenters. The number of carbonyl (C=O) groups excluding carboxylic acids is 1. The fraction of sp³-hybridized carbons (Fsp3) is 0.263. The van der Waals surface area contributed by atoms with Crippen LogP contribution in [-0.2, 0) is 5.41 Å². The molecule has 2 aromatic rings. The zero-order valence-electron chi connectivity index (χ0n) is 14.7. The Morgan fingerprint density at radius 1 is 1.12 bits per heavy atom. The van der Waals surface area contributed by atoms with Crippen LogP contribution in [0.2, 0.25) is 0 Å². The summed E-state index contributed by atoms with van der Waals surface area (Å²) in [5, 5.41) is 3.72. The summed E-state index contributed by atoms with van der Waals surface area (Å²) in [6.45, 7) is 3.36. The maximum absolute atomic E-state index is 12.2. The Bertz CT molecular complexity index is 769. The molecule has 1 amide bonds. The van der Waals surface area contributed by atoms with Crippen molar-refractivity contribution in [3.8, 4) is 11.5 Å². The van der Waals surface area contributed by atoms with Gasteiger partial charge in [-0.25, -0.2) is 10.2 Å². The highest BCUT2D eigenvalue weighted by atomic mass is 19.3. The van der Waals surface area contributed by atoms with Crippen molar-refractivity contribution in [1.29, 1.82) is 0 Å². The molecule has 0 aliphatic rings. The standard InChI is InChI=1S/C19H20F2N2O3/c1-19(2,3)14-7-9-15(10-8-14)26-18(24)23-22-12-13-5-4-6-16(11-13)25-17(20)21/h4-12,17H,1-3H3,(H,23,24)/b22-12-. The van der Waals surface area contributed by atoms with Gasteiger partial charge in [-0.1, -0.05) is 45.0 Å². The predicted molar refractivity (Wildman–Crippen MR) is 95.0 cm³/mol. The van der Waals surface area contributed by atoms with E-state index >= 15 is 0 Å². The van der Waals surface area contributed by atoms with Crippen LogP contribution in [0.1, 0.15) is 31.9 Å². The summed E-state index contributed by atoms with van der Waals surface area (Å²) >= 11 is 0. The molecule has 7 heteroatoms. The lowest BCUT2D eigenvalue weighted by molar-refractivity contribution is -0.0498. The van der Waals surface area contributed by atoms with Gasteiger partial charge in [0, 0.05) is 0 Å². The number of rotatable bonds is 5. The zero-order valence-corrected chi connectivity index (χ0v) is 14.7. The van der Waals surface area contributed by atoms with Crippen molar-refractivity contribution in [2.45, 2.75) is 32.8 Å². The molecule has 1 N–H and O–H groups in total. The number of hydrogen-bond acceptors (Lipinski definition) is 4. The summed E-state index contributed by atoms with van der Waals surface area (Å²) in [5.41, 5.74) is 3.82. The summed E-state index contributed by atoms with van der Waals surface area (Å²) < 4.78 is 33.8. The molecule has 0 fully saturated rings. The second-order valence-corrected chi connectivity index (χ2v) is 6.48. The van der Waals surface area contributed by atoms with E-state index in [1.807, 2.05) is 12.1 Å². The van der Waals surface area contributed by atoms with Gasteiger partial charge in [0.1, 0.15) is 11.5 Å². The van der Waals surface area contributed by atoms with Crippen molar-refractivity contribution in [1.82, 2.24) is 5.43 Å². The van der Waals surface area contributed by atoms with Crippen molar-refractivity contribution in [2.75, 3.05) is 0 Å². The maximum Gasteiger partial charge on any atom is 0.433 e. The van der Waals surface area contributed by atoms with Gasteiger partial charge < -0.3 is 9.47 Å². The van der Waals surface area contributed by atoms with Crippen molar-refractivity contribution in [2.24, 2.45) is 5.10 Å². The Morgan fingerprint density at radius 2 is 1.81 bits per heavy atom. The minimum absolute atomic E-state index is 0.00506. The number of hydrogen-bond donors (Lipinski definition) is 1. The number of benzene rings is 2. The van der Waals surface area contributed by atoms with E-state index < -0.39 is 12.7 Å². The van der Waals surface area contributed by atoms with E-state index in [2.05, 4.69) is 36.0 Å². The van der Waals surface area contributed by atoms with E-state index in [4.69, 9.17) is 4.74 Å². The normalized spacial score (nSPS) is 11.6. The number of alkyl halides is 2. The SMILES string of the molecule is CC(C)(C)c1ccc(OC(=O)N/N=C\c2cccc(OC(F)F)c2)cc1. The molecule has 0 saturated heterocycles. The molecule has 2 aromatic carbocycles. The summed E-state index contributed by atoms with van der Waals surface area (Å²) in [4.78, 5) is 11.7. The van der Waals surface area contributed by atoms with Crippen LogP contribution in [0.15, 0.2) is 53.6 Å². The first-order valence-corrected chi connectivity index (χ1v) is 7.90. The topological polar surface area (TPSA) is 59.9 Å².